The molecule has 6 heteroatoms. The number of imidazole rings is 1. The van der Waals surface area contributed by atoms with Crippen molar-refractivity contribution in [3.8, 4) is 5.82 Å². The van der Waals surface area contributed by atoms with Crippen LogP contribution in [0.25, 0.3) is 5.82 Å². The molecule has 2 amide bonds. The molecule has 28 heavy (non-hydrogen) atoms. The Kier molecular flexibility index (Phi) is 5.11. The van der Waals surface area contributed by atoms with Crippen LogP contribution in [0.15, 0.2) is 97.7 Å². The van der Waals surface area contributed by atoms with Crippen molar-refractivity contribution in [3.05, 3.63) is 109 Å². The van der Waals surface area contributed by atoms with Gasteiger partial charge in [-0.15, -0.1) is 0 Å². The summed E-state index contributed by atoms with van der Waals surface area (Å²) in [5.74, 6) is 0.731. The van der Waals surface area contributed by atoms with Crippen LogP contribution in [0, 0.1) is 0 Å². The third kappa shape index (κ3) is 4.07. The zero-order chi connectivity index (χ0) is 19.2. The van der Waals surface area contributed by atoms with Crippen LogP contribution in [0.2, 0.25) is 0 Å². The van der Waals surface area contributed by atoms with Crippen molar-refractivity contribution in [2.75, 3.05) is 5.32 Å². The zero-order valence-electron chi connectivity index (χ0n) is 15.1. The number of carbonyl (C=O) groups is 1. The van der Waals surface area contributed by atoms with Crippen LogP contribution in [-0.2, 0) is 0 Å². The largest absolute Gasteiger partial charge is 0.327 e. The van der Waals surface area contributed by atoms with Crippen LogP contribution in [0.1, 0.15) is 17.2 Å². The van der Waals surface area contributed by atoms with E-state index in [1.165, 1.54) is 0 Å². The van der Waals surface area contributed by atoms with E-state index in [0.29, 0.717) is 5.69 Å². The molecule has 0 saturated carbocycles. The first kappa shape index (κ1) is 17.5. The monoisotopic (exact) mass is 369 g/mol. The fourth-order valence-corrected chi connectivity index (χ4v) is 2.96. The van der Waals surface area contributed by atoms with Crippen molar-refractivity contribution in [1.82, 2.24) is 19.9 Å². The minimum Gasteiger partial charge on any atom is -0.327 e. The summed E-state index contributed by atoms with van der Waals surface area (Å²) in [4.78, 5) is 21.0. The van der Waals surface area contributed by atoms with Crippen LogP contribution < -0.4 is 10.6 Å². The number of hydrogen-bond donors (Lipinski definition) is 2. The lowest BCUT2D eigenvalue weighted by molar-refractivity contribution is 0.250. The van der Waals surface area contributed by atoms with E-state index < -0.39 is 0 Å². The summed E-state index contributed by atoms with van der Waals surface area (Å²) < 4.78 is 1.80. The van der Waals surface area contributed by atoms with Gasteiger partial charge in [0.25, 0.3) is 0 Å². The van der Waals surface area contributed by atoms with Crippen molar-refractivity contribution >= 4 is 11.7 Å². The van der Waals surface area contributed by atoms with Gasteiger partial charge in [-0.1, -0.05) is 60.7 Å². The van der Waals surface area contributed by atoms with Crippen LogP contribution in [0.5, 0.6) is 0 Å². The Hall–Kier alpha value is -3.93. The van der Waals surface area contributed by atoms with Crippen molar-refractivity contribution in [3.63, 3.8) is 0 Å². The van der Waals surface area contributed by atoms with E-state index >= 15 is 0 Å². The number of nitrogens with zero attached hydrogens (tertiary/aromatic N) is 3. The minimum atomic E-state index is -0.296. The molecule has 0 saturated heterocycles. The molecule has 6 nitrogen and oxygen atoms in total. The fraction of sp³-hybridized carbons (Fsp3) is 0.0455. The number of anilines is 1. The molecule has 4 rings (SSSR count). The Bertz CT molecular complexity index is 976. The maximum absolute atomic E-state index is 12.6. The standard InChI is InChI=1S/C22H19N5O/c28-22(25-19-11-12-20(24-15-19)27-14-13-23-16-27)26-21(17-7-3-1-4-8-17)18-9-5-2-6-10-18/h1-16,21H,(H2,25,26,28). The second kappa shape index (κ2) is 8.18. The van der Waals surface area contributed by atoms with Gasteiger partial charge in [-0.3, -0.25) is 4.57 Å². The van der Waals surface area contributed by atoms with Crippen LogP contribution in [0.4, 0.5) is 10.5 Å². The summed E-state index contributed by atoms with van der Waals surface area (Å²) in [5.41, 5.74) is 2.64. The molecule has 0 unspecified atom stereocenters. The lowest BCUT2D eigenvalue weighted by Crippen LogP contribution is -2.33. The predicted octanol–water partition coefficient (Wildman–Crippen LogP) is 4.18. The van der Waals surface area contributed by atoms with Gasteiger partial charge < -0.3 is 10.6 Å². The molecular formula is C22H19N5O. The first-order valence-corrected chi connectivity index (χ1v) is 8.91. The third-order valence-corrected chi connectivity index (χ3v) is 4.32. The SMILES string of the molecule is O=C(Nc1ccc(-n2ccnc2)nc1)NC(c1ccccc1)c1ccccc1. The first-order valence-electron chi connectivity index (χ1n) is 8.91. The molecule has 0 radical (unpaired) electrons. The summed E-state index contributed by atoms with van der Waals surface area (Å²) in [6, 6.07) is 22.8. The molecule has 2 heterocycles. The van der Waals surface area contributed by atoms with Crippen LogP contribution >= 0.6 is 0 Å². The Morgan fingerprint density at radius 2 is 1.57 bits per heavy atom. The van der Waals surface area contributed by atoms with Crippen LogP contribution in [0.3, 0.4) is 0 Å². The van der Waals surface area contributed by atoms with Gasteiger partial charge in [0.15, 0.2) is 0 Å². The lowest BCUT2D eigenvalue weighted by atomic mass is 9.99. The first-order chi connectivity index (χ1) is 13.8. The van der Waals surface area contributed by atoms with Gasteiger partial charge in [-0.2, -0.15) is 0 Å². The number of rotatable bonds is 5. The number of amides is 2. The molecule has 0 bridgehead atoms. The summed E-state index contributed by atoms with van der Waals surface area (Å²) in [6.07, 6.45) is 6.79. The number of nitrogens with one attached hydrogen (secondary N) is 2. The van der Waals surface area contributed by atoms with Crippen molar-refractivity contribution in [1.29, 1.82) is 0 Å². The summed E-state index contributed by atoms with van der Waals surface area (Å²) in [5, 5.41) is 5.89. The molecule has 0 aliphatic heterocycles. The van der Waals surface area contributed by atoms with Crippen molar-refractivity contribution < 1.29 is 4.79 Å². The quantitative estimate of drug-likeness (QED) is 0.554. The van der Waals surface area contributed by atoms with E-state index in [9.17, 15) is 4.79 Å². The van der Waals surface area contributed by atoms with E-state index in [0.717, 1.165) is 16.9 Å². The van der Waals surface area contributed by atoms with Gasteiger partial charge >= 0.3 is 6.03 Å². The Balaban J connectivity index is 1.49. The molecule has 0 atom stereocenters. The molecule has 4 aromatic rings. The molecular weight excluding hydrogens is 350 g/mol. The number of aromatic nitrogens is 3. The van der Waals surface area contributed by atoms with Gasteiger partial charge in [-0.25, -0.2) is 14.8 Å². The van der Waals surface area contributed by atoms with Gasteiger partial charge in [-0.05, 0) is 23.3 Å². The second-order valence-electron chi connectivity index (χ2n) is 6.23. The number of pyridine rings is 1. The van der Waals surface area contributed by atoms with Crippen molar-refractivity contribution in [2.45, 2.75) is 6.04 Å². The fourth-order valence-electron chi connectivity index (χ4n) is 2.96. The van der Waals surface area contributed by atoms with E-state index in [1.807, 2.05) is 79.0 Å². The maximum Gasteiger partial charge on any atom is 0.320 e. The Labute approximate surface area is 162 Å². The lowest BCUT2D eigenvalue weighted by Gasteiger charge is -2.20. The molecule has 2 aromatic heterocycles. The van der Waals surface area contributed by atoms with Gasteiger partial charge in [0, 0.05) is 12.4 Å². The smallest absolute Gasteiger partial charge is 0.320 e. The molecule has 2 N–H and O–H groups in total. The van der Waals surface area contributed by atoms with E-state index in [-0.39, 0.29) is 12.1 Å². The summed E-state index contributed by atoms with van der Waals surface area (Å²) in [6.45, 7) is 0. The molecule has 2 aromatic carbocycles. The zero-order valence-corrected chi connectivity index (χ0v) is 15.1. The predicted molar refractivity (Wildman–Crippen MR) is 108 cm³/mol. The number of benzene rings is 2. The van der Waals surface area contributed by atoms with E-state index in [1.54, 1.807) is 23.3 Å². The average Bonchev–Trinajstić information content (AvgIpc) is 3.29. The summed E-state index contributed by atoms with van der Waals surface area (Å²) in [7, 11) is 0. The highest BCUT2D eigenvalue weighted by Crippen LogP contribution is 2.22. The third-order valence-electron chi connectivity index (χ3n) is 4.32. The highest BCUT2D eigenvalue weighted by Gasteiger charge is 2.16. The molecule has 0 fully saturated rings. The Morgan fingerprint density at radius 1 is 0.893 bits per heavy atom. The van der Waals surface area contributed by atoms with Crippen LogP contribution in [-0.4, -0.2) is 20.6 Å². The van der Waals surface area contributed by atoms with Crippen molar-refractivity contribution in [2.24, 2.45) is 0 Å². The average molecular weight is 369 g/mol. The number of hydrogen-bond acceptors (Lipinski definition) is 3. The Morgan fingerprint density at radius 3 is 2.11 bits per heavy atom. The van der Waals surface area contributed by atoms with E-state index in [4.69, 9.17) is 0 Å². The normalized spacial score (nSPS) is 10.6. The molecule has 138 valence electrons. The highest BCUT2D eigenvalue weighted by molar-refractivity contribution is 5.89. The minimum absolute atomic E-state index is 0.249. The molecule has 0 aliphatic carbocycles. The highest BCUT2D eigenvalue weighted by atomic mass is 16.2. The second-order valence-corrected chi connectivity index (χ2v) is 6.23. The van der Waals surface area contributed by atoms with E-state index in [2.05, 4.69) is 20.6 Å². The topological polar surface area (TPSA) is 71.8 Å². The molecule has 0 aliphatic rings. The van der Waals surface area contributed by atoms with Gasteiger partial charge in [0.05, 0.1) is 17.9 Å². The molecule has 0 spiro atoms. The van der Waals surface area contributed by atoms with Gasteiger partial charge in [0.1, 0.15) is 12.1 Å². The maximum atomic E-state index is 12.6. The number of urea groups is 1. The number of carbonyl (C=O) groups excluding carboxylic acids is 1. The van der Waals surface area contributed by atoms with Gasteiger partial charge in [0.2, 0.25) is 0 Å². The summed E-state index contributed by atoms with van der Waals surface area (Å²) >= 11 is 0.